The van der Waals surface area contributed by atoms with Crippen LogP contribution in [0.15, 0.2) is 24.6 Å². The quantitative estimate of drug-likeness (QED) is 0.586. The van der Waals surface area contributed by atoms with Crippen molar-refractivity contribution in [1.29, 1.82) is 0 Å². The number of nitrogens with zero attached hydrogens (tertiary/aromatic N) is 1. The lowest BCUT2D eigenvalue weighted by molar-refractivity contribution is 0.484. The maximum Gasteiger partial charge on any atom is 0.0219 e. The first kappa shape index (κ1) is 10.3. The zero-order valence-corrected chi connectivity index (χ0v) is 7.88. The zero-order chi connectivity index (χ0) is 8.53. The molecule has 0 unspecified atom stereocenters. The van der Waals surface area contributed by atoms with Crippen molar-refractivity contribution in [2.75, 3.05) is 6.54 Å². The molecule has 0 aliphatic carbocycles. The van der Waals surface area contributed by atoms with Gasteiger partial charge in [-0.25, -0.2) is 0 Å². The Morgan fingerprint density at radius 1 is 1.09 bits per heavy atom. The van der Waals surface area contributed by atoms with Crippen molar-refractivity contribution in [2.24, 2.45) is 0 Å². The lowest BCUT2D eigenvalue weighted by Gasteiger charge is -2.13. The van der Waals surface area contributed by atoms with Crippen LogP contribution in [0.1, 0.15) is 33.6 Å². The molecule has 0 aromatic carbocycles. The third-order valence-electron chi connectivity index (χ3n) is 1.45. The Morgan fingerprint density at radius 3 is 2.00 bits per heavy atom. The lowest BCUT2D eigenvalue weighted by atomic mass is 10.3. The topological polar surface area (TPSA) is 3.24 Å². The van der Waals surface area contributed by atoms with E-state index in [0.29, 0.717) is 0 Å². The number of hydrogen-bond acceptors (Lipinski definition) is 1. The Morgan fingerprint density at radius 2 is 1.64 bits per heavy atom. The summed E-state index contributed by atoms with van der Waals surface area (Å²) in [5, 5.41) is 0. The molecule has 0 atom stereocenters. The van der Waals surface area contributed by atoms with E-state index in [1.165, 1.54) is 12.8 Å². The fourth-order valence-electron chi connectivity index (χ4n) is 0.922. The molecular formula is C10H19N. The molecule has 1 nitrogen and oxygen atoms in total. The van der Waals surface area contributed by atoms with E-state index < -0.39 is 0 Å². The minimum atomic E-state index is 1.13. The van der Waals surface area contributed by atoms with E-state index in [4.69, 9.17) is 0 Å². The predicted molar refractivity (Wildman–Crippen MR) is 51.2 cm³/mol. The normalized spacial score (nSPS) is 11.5. The first-order valence-corrected chi connectivity index (χ1v) is 4.36. The molecular weight excluding hydrogens is 134 g/mol. The predicted octanol–water partition coefficient (Wildman–Crippen LogP) is 3.16. The Balaban J connectivity index is 3.69. The molecule has 0 aliphatic heterocycles. The van der Waals surface area contributed by atoms with Gasteiger partial charge in [-0.1, -0.05) is 25.5 Å². The van der Waals surface area contributed by atoms with E-state index in [1.807, 2.05) is 13.8 Å². The van der Waals surface area contributed by atoms with Crippen molar-refractivity contribution in [1.82, 2.24) is 4.90 Å². The fourth-order valence-corrected chi connectivity index (χ4v) is 0.922. The summed E-state index contributed by atoms with van der Waals surface area (Å²) in [6, 6.07) is 0. The van der Waals surface area contributed by atoms with Crippen LogP contribution in [0.4, 0.5) is 0 Å². The molecule has 0 saturated heterocycles. The standard InChI is InChI=1S/C10H19N/c1-4-7-10-11(8-5-2)9-6-3/h5-6,8-9H,4,7,10H2,1-3H3/b8-5+,9-6+. The molecule has 0 aliphatic rings. The van der Waals surface area contributed by atoms with Gasteiger partial charge in [0.05, 0.1) is 0 Å². The SMILES string of the molecule is C/C=C/N(/C=C/C)CCCC. The Labute approximate surface area is 70.4 Å². The third-order valence-corrected chi connectivity index (χ3v) is 1.45. The van der Waals surface area contributed by atoms with Crippen LogP contribution in [0.25, 0.3) is 0 Å². The molecule has 0 saturated carbocycles. The minimum Gasteiger partial charge on any atom is -0.355 e. The molecule has 0 aromatic heterocycles. The summed E-state index contributed by atoms with van der Waals surface area (Å²) in [5.74, 6) is 0. The van der Waals surface area contributed by atoms with Gasteiger partial charge >= 0.3 is 0 Å². The van der Waals surface area contributed by atoms with Crippen LogP contribution < -0.4 is 0 Å². The van der Waals surface area contributed by atoms with Crippen molar-refractivity contribution in [2.45, 2.75) is 33.6 Å². The highest BCUT2D eigenvalue weighted by Gasteiger charge is 1.90. The molecule has 64 valence electrons. The van der Waals surface area contributed by atoms with E-state index >= 15 is 0 Å². The number of unbranched alkanes of at least 4 members (excludes halogenated alkanes) is 1. The van der Waals surface area contributed by atoms with E-state index in [9.17, 15) is 0 Å². The maximum absolute atomic E-state index is 2.21. The second-order valence-corrected chi connectivity index (χ2v) is 2.56. The monoisotopic (exact) mass is 153 g/mol. The van der Waals surface area contributed by atoms with Gasteiger partial charge in [0, 0.05) is 6.54 Å². The van der Waals surface area contributed by atoms with E-state index in [-0.39, 0.29) is 0 Å². The highest BCUT2D eigenvalue weighted by molar-refractivity contribution is 4.88. The van der Waals surface area contributed by atoms with Crippen LogP contribution in [0.5, 0.6) is 0 Å². The third kappa shape index (κ3) is 5.71. The number of rotatable bonds is 5. The highest BCUT2D eigenvalue weighted by Crippen LogP contribution is 1.96. The maximum atomic E-state index is 2.21. The largest absolute Gasteiger partial charge is 0.355 e. The second kappa shape index (κ2) is 7.39. The van der Waals surface area contributed by atoms with Gasteiger partial charge in [0.2, 0.25) is 0 Å². The summed E-state index contributed by atoms with van der Waals surface area (Å²) in [6.07, 6.45) is 10.9. The van der Waals surface area contributed by atoms with Gasteiger partial charge in [-0.05, 0) is 32.7 Å². The molecule has 0 radical (unpaired) electrons. The average molecular weight is 153 g/mol. The summed E-state index contributed by atoms with van der Waals surface area (Å²) < 4.78 is 0. The summed E-state index contributed by atoms with van der Waals surface area (Å²) in [5.41, 5.74) is 0. The summed E-state index contributed by atoms with van der Waals surface area (Å²) in [6.45, 7) is 7.43. The highest BCUT2D eigenvalue weighted by atomic mass is 15.1. The molecule has 1 heteroatoms. The molecule has 0 aromatic rings. The van der Waals surface area contributed by atoms with E-state index in [2.05, 4.69) is 36.4 Å². The van der Waals surface area contributed by atoms with Crippen molar-refractivity contribution in [3.8, 4) is 0 Å². The molecule has 0 amide bonds. The zero-order valence-electron chi connectivity index (χ0n) is 7.88. The van der Waals surface area contributed by atoms with Gasteiger partial charge in [0.15, 0.2) is 0 Å². The van der Waals surface area contributed by atoms with Gasteiger partial charge in [-0.15, -0.1) is 0 Å². The molecule has 11 heavy (non-hydrogen) atoms. The Bertz CT molecular complexity index is 113. The first-order chi connectivity index (χ1) is 5.35. The van der Waals surface area contributed by atoms with Crippen LogP contribution in [-0.4, -0.2) is 11.4 Å². The Hall–Kier alpha value is -0.720. The summed E-state index contributed by atoms with van der Waals surface area (Å²) in [4.78, 5) is 2.21. The molecule has 0 rings (SSSR count). The average Bonchev–Trinajstić information content (AvgIpc) is 2.01. The van der Waals surface area contributed by atoms with Gasteiger partial charge in [-0.3, -0.25) is 0 Å². The van der Waals surface area contributed by atoms with Crippen LogP contribution in [0.3, 0.4) is 0 Å². The molecule has 0 N–H and O–H groups in total. The number of hydrogen-bond donors (Lipinski definition) is 0. The van der Waals surface area contributed by atoms with Crippen LogP contribution in [-0.2, 0) is 0 Å². The van der Waals surface area contributed by atoms with E-state index in [0.717, 1.165) is 6.54 Å². The molecule has 0 fully saturated rings. The fraction of sp³-hybridized carbons (Fsp3) is 0.600. The molecule has 0 heterocycles. The van der Waals surface area contributed by atoms with Gasteiger partial charge in [0.1, 0.15) is 0 Å². The van der Waals surface area contributed by atoms with Crippen molar-refractivity contribution in [3.63, 3.8) is 0 Å². The first-order valence-electron chi connectivity index (χ1n) is 4.36. The van der Waals surface area contributed by atoms with Crippen LogP contribution in [0, 0.1) is 0 Å². The van der Waals surface area contributed by atoms with E-state index in [1.54, 1.807) is 0 Å². The summed E-state index contributed by atoms with van der Waals surface area (Å²) >= 11 is 0. The van der Waals surface area contributed by atoms with Gasteiger partial charge in [-0.2, -0.15) is 0 Å². The smallest absolute Gasteiger partial charge is 0.0219 e. The lowest BCUT2D eigenvalue weighted by Crippen LogP contribution is -2.10. The second-order valence-electron chi connectivity index (χ2n) is 2.56. The van der Waals surface area contributed by atoms with Crippen molar-refractivity contribution >= 4 is 0 Å². The summed E-state index contributed by atoms with van der Waals surface area (Å²) in [7, 11) is 0. The van der Waals surface area contributed by atoms with Crippen molar-refractivity contribution in [3.05, 3.63) is 24.6 Å². The van der Waals surface area contributed by atoms with Crippen LogP contribution >= 0.6 is 0 Å². The van der Waals surface area contributed by atoms with Gasteiger partial charge < -0.3 is 4.90 Å². The molecule has 0 spiro atoms. The minimum absolute atomic E-state index is 1.13. The molecule has 0 bridgehead atoms. The number of allylic oxidation sites excluding steroid dienone is 2. The van der Waals surface area contributed by atoms with Crippen LogP contribution in [0.2, 0.25) is 0 Å². The van der Waals surface area contributed by atoms with Gasteiger partial charge in [0.25, 0.3) is 0 Å². The Kier molecular flexibility index (Phi) is 6.90. The van der Waals surface area contributed by atoms with Crippen molar-refractivity contribution < 1.29 is 0 Å².